The molecule has 0 saturated carbocycles. The number of carbonyl (C=O) groups excluding carboxylic acids is 2. The van der Waals surface area contributed by atoms with Crippen molar-refractivity contribution in [1.29, 1.82) is 0 Å². The normalized spacial score (nSPS) is 18.1. The standard InChI is InChI=1S/C26H25F2N7O3S/c1-34-12-19-10-18(34)13-35(19)26(37)32-22-11-24(30-14-29-22)38-21-7-6-17(9-20(21)28)31-25(39)33-23(36)8-15-2-4-16(27)5-3-15/h2-7,9,11,14,18-19H,8,10,12-13H2,1H3,(H,29,30,32,37)(H2,31,33,36,39). The van der Waals surface area contributed by atoms with Crippen LogP contribution in [0.25, 0.3) is 0 Å². The first-order valence-corrected chi connectivity index (χ1v) is 12.6. The second kappa shape index (κ2) is 11.3. The summed E-state index contributed by atoms with van der Waals surface area (Å²) in [6.07, 6.45) is 2.18. The molecule has 13 heteroatoms. The number of likely N-dealkylation sites (tertiary alicyclic amines) is 2. The fourth-order valence-electron chi connectivity index (χ4n) is 4.65. The number of likely N-dealkylation sites (N-methyl/N-ethyl adjacent to an activating group) is 1. The van der Waals surface area contributed by atoms with Gasteiger partial charge in [0.25, 0.3) is 0 Å². The number of rotatable bonds is 6. The Kier molecular flexibility index (Phi) is 7.61. The van der Waals surface area contributed by atoms with Crippen LogP contribution in [-0.4, -0.2) is 69.0 Å². The van der Waals surface area contributed by atoms with Crippen LogP contribution in [0.5, 0.6) is 11.6 Å². The van der Waals surface area contributed by atoms with Gasteiger partial charge in [0.1, 0.15) is 18.0 Å². The lowest BCUT2D eigenvalue weighted by Gasteiger charge is -2.31. The van der Waals surface area contributed by atoms with E-state index in [0.29, 0.717) is 18.2 Å². The van der Waals surface area contributed by atoms with Gasteiger partial charge in [-0.3, -0.25) is 15.0 Å². The van der Waals surface area contributed by atoms with Crippen LogP contribution in [0.3, 0.4) is 0 Å². The molecule has 2 aromatic carbocycles. The topological polar surface area (TPSA) is 112 Å². The number of urea groups is 1. The van der Waals surface area contributed by atoms with Gasteiger partial charge in [0, 0.05) is 43.0 Å². The number of piperazine rings is 1. The van der Waals surface area contributed by atoms with Crippen molar-refractivity contribution in [2.75, 3.05) is 30.8 Å². The number of thiocarbonyl (C=S) groups is 1. The van der Waals surface area contributed by atoms with Gasteiger partial charge >= 0.3 is 6.03 Å². The van der Waals surface area contributed by atoms with E-state index in [0.717, 1.165) is 19.0 Å². The lowest BCUT2D eigenvalue weighted by Crippen LogP contribution is -2.48. The number of amides is 3. The molecule has 2 bridgehead atoms. The monoisotopic (exact) mass is 553 g/mol. The van der Waals surface area contributed by atoms with Crippen molar-refractivity contribution in [2.24, 2.45) is 0 Å². The highest BCUT2D eigenvalue weighted by Gasteiger charge is 2.43. The zero-order chi connectivity index (χ0) is 27.5. The molecule has 2 aliphatic rings. The number of nitrogens with one attached hydrogen (secondary N) is 3. The first kappa shape index (κ1) is 26.4. The van der Waals surface area contributed by atoms with Crippen LogP contribution in [0.1, 0.15) is 12.0 Å². The van der Waals surface area contributed by atoms with Crippen LogP contribution in [0, 0.1) is 11.6 Å². The number of ether oxygens (including phenoxy) is 1. The van der Waals surface area contributed by atoms with E-state index in [9.17, 15) is 18.4 Å². The maximum Gasteiger partial charge on any atom is 0.323 e. The second-order valence-electron chi connectivity index (χ2n) is 9.36. The van der Waals surface area contributed by atoms with E-state index in [1.165, 1.54) is 48.8 Å². The van der Waals surface area contributed by atoms with Gasteiger partial charge in [-0.15, -0.1) is 0 Å². The van der Waals surface area contributed by atoms with Gasteiger partial charge in [0.05, 0.1) is 6.42 Å². The molecule has 3 N–H and O–H groups in total. The van der Waals surface area contributed by atoms with E-state index in [2.05, 4.69) is 37.9 Å². The van der Waals surface area contributed by atoms with E-state index < -0.39 is 17.5 Å². The molecule has 5 rings (SSSR count). The molecule has 2 atom stereocenters. The summed E-state index contributed by atoms with van der Waals surface area (Å²) in [5.74, 6) is -1.33. The van der Waals surface area contributed by atoms with Crippen LogP contribution in [0.2, 0.25) is 0 Å². The zero-order valence-corrected chi connectivity index (χ0v) is 21.7. The average Bonchev–Trinajstić information content (AvgIpc) is 3.47. The molecule has 2 unspecified atom stereocenters. The van der Waals surface area contributed by atoms with Crippen molar-refractivity contribution in [3.63, 3.8) is 0 Å². The van der Waals surface area contributed by atoms with Gasteiger partial charge in [-0.2, -0.15) is 0 Å². The van der Waals surface area contributed by atoms with E-state index in [4.69, 9.17) is 17.0 Å². The van der Waals surface area contributed by atoms with Gasteiger partial charge in [0.2, 0.25) is 11.8 Å². The predicted molar refractivity (Wildman–Crippen MR) is 144 cm³/mol. The molecule has 3 heterocycles. The second-order valence-corrected chi connectivity index (χ2v) is 9.77. The summed E-state index contributed by atoms with van der Waals surface area (Å²) in [7, 11) is 2.06. The summed E-state index contributed by atoms with van der Waals surface area (Å²) in [5, 5.41) is 7.96. The first-order valence-electron chi connectivity index (χ1n) is 12.2. The SMILES string of the molecule is CN1CC2CC1CN2C(=O)Nc1cc(Oc2ccc(NC(=S)NC(=O)Cc3ccc(F)cc3)cc2F)ncn1. The molecular formula is C26H25F2N7O3S. The summed E-state index contributed by atoms with van der Waals surface area (Å²) >= 11 is 5.13. The summed E-state index contributed by atoms with van der Waals surface area (Å²) in [5.41, 5.74) is 0.903. The van der Waals surface area contributed by atoms with Crippen molar-refractivity contribution in [2.45, 2.75) is 24.9 Å². The molecular weight excluding hydrogens is 528 g/mol. The van der Waals surface area contributed by atoms with Gasteiger partial charge in [-0.05, 0) is 55.5 Å². The Morgan fingerprint density at radius 2 is 1.85 bits per heavy atom. The highest BCUT2D eigenvalue weighted by molar-refractivity contribution is 7.80. The van der Waals surface area contributed by atoms with E-state index in [1.807, 2.05) is 0 Å². The maximum absolute atomic E-state index is 14.8. The Balaban J connectivity index is 1.14. The first-order chi connectivity index (χ1) is 18.7. The molecule has 2 fully saturated rings. The fourth-order valence-corrected chi connectivity index (χ4v) is 4.89. The van der Waals surface area contributed by atoms with Crippen LogP contribution in [0.4, 0.5) is 25.1 Å². The molecule has 3 amide bonds. The molecule has 2 saturated heterocycles. The molecule has 0 radical (unpaired) electrons. The Morgan fingerprint density at radius 3 is 2.54 bits per heavy atom. The third-order valence-electron chi connectivity index (χ3n) is 6.59. The van der Waals surface area contributed by atoms with Crippen molar-refractivity contribution >= 4 is 40.8 Å². The van der Waals surface area contributed by atoms with Crippen LogP contribution in [0.15, 0.2) is 54.9 Å². The van der Waals surface area contributed by atoms with Gasteiger partial charge < -0.3 is 20.3 Å². The molecule has 1 aromatic heterocycles. The molecule has 0 aliphatic carbocycles. The maximum atomic E-state index is 14.8. The zero-order valence-electron chi connectivity index (χ0n) is 20.9. The molecule has 2 aliphatic heterocycles. The van der Waals surface area contributed by atoms with Crippen molar-refractivity contribution < 1.29 is 23.1 Å². The van der Waals surface area contributed by atoms with E-state index in [-0.39, 0.29) is 46.7 Å². The summed E-state index contributed by atoms with van der Waals surface area (Å²) < 4.78 is 33.3. The van der Waals surface area contributed by atoms with Gasteiger partial charge in [0.15, 0.2) is 16.7 Å². The smallest absolute Gasteiger partial charge is 0.323 e. The number of fused-ring (bicyclic) bond motifs is 2. The molecule has 0 spiro atoms. The highest BCUT2D eigenvalue weighted by Crippen LogP contribution is 2.30. The minimum Gasteiger partial charge on any atom is -0.436 e. The number of benzene rings is 2. The quantitative estimate of drug-likeness (QED) is 0.398. The molecule has 39 heavy (non-hydrogen) atoms. The Hall–Kier alpha value is -4.23. The fraction of sp³-hybridized carbons (Fsp3) is 0.269. The number of anilines is 2. The van der Waals surface area contributed by atoms with Gasteiger partial charge in [-0.25, -0.2) is 23.5 Å². The van der Waals surface area contributed by atoms with Crippen molar-refractivity contribution in [1.82, 2.24) is 25.1 Å². The molecule has 3 aromatic rings. The lowest BCUT2D eigenvalue weighted by atomic mass is 10.1. The summed E-state index contributed by atoms with van der Waals surface area (Å²) in [6.45, 7) is 1.50. The van der Waals surface area contributed by atoms with E-state index >= 15 is 0 Å². The highest BCUT2D eigenvalue weighted by atomic mass is 32.1. The largest absolute Gasteiger partial charge is 0.436 e. The number of carbonyl (C=O) groups is 2. The van der Waals surface area contributed by atoms with Crippen molar-refractivity contribution in [3.8, 4) is 11.6 Å². The van der Waals surface area contributed by atoms with Crippen LogP contribution >= 0.6 is 12.2 Å². The minimum atomic E-state index is -0.707. The summed E-state index contributed by atoms with van der Waals surface area (Å²) in [4.78, 5) is 37.0. The van der Waals surface area contributed by atoms with E-state index in [1.54, 1.807) is 4.90 Å². The Bertz CT molecular complexity index is 1410. The van der Waals surface area contributed by atoms with Gasteiger partial charge in [-0.1, -0.05) is 12.1 Å². The molecule has 10 nitrogen and oxygen atoms in total. The van der Waals surface area contributed by atoms with Crippen LogP contribution in [-0.2, 0) is 11.2 Å². The van der Waals surface area contributed by atoms with Crippen molar-refractivity contribution in [3.05, 3.63) is 72.1 Å². The lowest BCUT2D eigenvalue weighted by molar-refractivity contribution is -0.119. The Morgan fingerprint density at radius 1 is 1.05 bits per heavy atom. The summed E-state index contributed by atoms with van der Waals surface area (Å²) in [6, 6.07) is 11.3. The molecule has 202 valence electrons. The van der Waals surface area contributed by atoms with Crippen LogP contribution < -0.4 is 20.7 Å². The predicted octanol–water partition coefficient (Wildman–Crippen LogP) is 3.52. The average molecular weight is 554 g/mol. The minimum absolute atomic E-state index is 0.00108. The number of halogens is 2. The number of aromatic nitrogens is 2. The Labute approximate surface area is 228 Å². The number of hydrogen-bond acceptors (Lipinski definition) is 7. The third kappa shape index (κ3) is 6.44. The number of nitrogens with zero attached hydrogens (tertiary/aromatic N) is 4. The third-order valence-corrected chi connectivity index (χ3v) is 6.79. The number of hydrogen-bond donors (Lipinski definition) is 3.